The van der Waals surface area contributed by atoms with Crippen LogP contribution < -0.4 is 9.46 Å². The lowest BCUT2D eigenvalue weighted by Crippen LogP contribution is -2.29. The van der Waals surface area contributed by atoms with Gasteiger partial charge in [-0.1, -0.05) is 11.6 Å². The molecule has 0 fully saturated rings. The third kappa shape index (κ3) is 6.11. The number of benzene rings is 2. The van der Waals surface area contributed by atoms with Gasteiger partial charge in [-0.15, -0.1) is 0 Å². The summed E-state index contributed by atoms with van der Waals surface area (Å²) in [6, 6.07) is 6.19. The predicted octanol–water partition coefficient (Wildman–Crippen LogP) is 1.92. The molecule has 0 aromatic heterocycles. The fourth-order valence-corrected chi connectivity index (χ4v) is 4.63. The molecule has 0 amide bonds. The number of hydrogen-bond acceptors (Lipinski definition) is 7. The summed E-state index contributed by atoms with van der Waals surface area (Å²) in [5.41, 5.74) is 0. The van der Waals surface area contributed by atoms with E-state index in [2.05, 4.69) is 14.2 Å². The summed E-state index contributed by atoms with van der Waals surface area (Å²) in [4.78, 5) is 10.2. The second-order valence-corrected chi connectivity index (χ2v) is 10.1. The predicted molar refractivity (Wildman–Crippen MR) is 103 cm³/mol. The van der Waals surface area contributed by atoms with Gasteiger partial charge in [0.25, 0.3) is 0 Å². The average molecular weight is 484 g/mol. The molecule has 0 saturated carbocycles. The zero-order valence-electron chi connectivity index (χ0n) is 15.4. The fourth-order valence-electron chi connectivity index (χ4n) is 2.17. The van der Waals surface area contributed by atoms with E-state index in [-0.39, 0.29) is 4.90 Å². The molecule has 0 aliphatic rings. The van der Waals surface area contributed by atoms with E-state index in [1.807, 2.05) is 0 Å². The van der Waals surface area contributed by atoms with Gasteiger partial charge >= 0.3 is 5.97 Å². The van der Waals surface area contributed by atoms with Gasteiger partial charge < -0.3 is 9.47 Å². The lowest BCUT2D eigenvalue weighted by Gasteiger charge is -2.11. The van der Waals surface area contributed by atoms with Crippen molar-refractivity contribution in [1.82, 2.24) is 4.72 Å². The summed E-state index contributed by atoms with van der Waals surface area (Å²) in [6.45, 7) is -1.32. The number of carbonyl (C=O) groups is 1. The molecule has 2 aromatic carbocycles. The number of carbonyl (C=O) groups excluding carboxylic acids is 1. The van der Waals surface area contributed by atoms with Crippen LogP contribution in [0.2, 0.25) is 5.02 Å². The molecule has 0 saturated heterocycles. The van der Waals surface area contributed by atoms with Crippen LogP contribution in [0.15, 0.2) is 46.2 Å². The smallest absolute Gasteiger partial charge is 0.343 e. The number of esters is 1. The third-order valence-corrected chi connectivity index (χ3v) is 7.10. The molecule has 0 heterocycles. The average Bonchev–Trinajstić information content (AvgIpc) is 2.67. The van der Waals surface area contributed by atoms with E-state index in [0.29, 0.717) is 17.2 Å². The number of hydrogen-bond donors (Lipinski definition) is 1. The van der Waals surface area contributed by atoms with Gasteiger partial charge in [-0.05, 0) is 36.4 Å². The van der Waals surface area contributed by atoms with Crippen LogP contribution in [0.4, 0.5) is 8.78 Å². The zero-order valence-corrected chi connectivity index (χ0v) is 17.8. The summed E-state index contributed by atoms with van der Waals surface area (Å²) >= 11 is 5.69. The molecule has 164 valence electrons. The van der Waals surface area contributed by atoms with Gasteiger partial charge in [0.2, 0.25) is 10.0 Å². The van der Waals surface area contributed by atoms with Crippen LogP contribution >= 0.6 is 11.6 Å². The van der Waals surface area contributed by atoms with Crippen LogP contribution in [-0.4, -0.2) is 48.8 Å². The van der Waals surface area contributed by atoms with Gasteiger partial charge in [0, 0.05) is 11.6 Å². The largest absolute Gasteiger partial charge is 0.476 e. The van der Waals surface area contributed by atoms with E-state index in [1.54, 1.807) is 0 Å². The molecule has 2 rings (SSSR count). The van der Waals surface area contributed by atoms with Crippen molar-refractivity contribution >= 4 is 37.4 Å². The molecule has 2 aromatic rings. The topological polar surface area (TPSA) is 116 Å². The molecule has 0 bridgehead atoms. The number of rotatable bonds is 9. The summed E-state index contributed by atoms with van der Waals surface area (Å²) in [5.74, 6) is -5.29. The Balaban J connectivity index is 2.10. The van der Waals surface area contributed by atoms with Crippen LogP contribution in [0.25, 0.3) is 0 Å². The first kappa shape index (κ1) is 24.0. The maximum Gasteiger partial charge on any atom is 0.343 e. The first-order valence-electron chi connectivity index (χ1n) is 8.13. The Kier molecular flexibility index (Phi) is 7.75. The van der Waals surface area contributed by atoms with Crippen molar-refractivity contribution in [3.05, 3.63) is 53.1 Å². The Morgan fingerprint density at radius 2 is 1.60 bits per heavy atom. The SMILES string of the molecule is COC(=O)COc1c(F)cc(S(=O)(=O)CCNS(=O)(=O)c2ccc(Cl)cc2)cc1F. The normalized spacial score (nSPS) is 11.9. The molecule has 30 heavy (non-hydrogen) atoms. The summed E-state index contributed by atoms with van der Waals surface area (Å²) in [5, 5.41) is 0.319. The van der Waals surface area contributed by atoms with Gasteiger partial charge in [0.1, 0.15) is 0 Å². The van der Waals surface area contributed by atoms with Gasteiger partial charge in [0.15, 0.2) is 33.8 Å². The van der Waals surface area contributed by atoms with Gasteiger partial charge in [-0.2, -0.15) is 0 Å². The molecule has 0 unspecified atom stereocenters. The van der Waals surface area contributed by atoms with E-state index >= 15 is 0 Å². The van der Waals surface area contributed by atoms with Gasteiger partial charge in [0.05, 0.1) is 22.7 Å². The molecule has 0 aliphatic carbocycles. The Bertz CT molecular complexity index is 1110. The van der Waals surface area contributed by atoms with Crippen molar-refractivity contribution in [2.45, 2.75) is 9.79 Å². The summed E-state index contributed by atoms with van der Waals surface area (Å²) in [6.07, 6.45) is 0. The molecule has 0 aliphatic heterocycles. The van der Waals surface area contributed by atoms with E-state index in [1.165, 1.54) is 24.3 Å². The number of sulfone groups is 1. The summed E-state index contributed by atoms with van der Waals surface area (Å²) in [7, 11) is -7.20. The molecule has 8 nitrogen and oxygen atoms in total. The number of nitrogens with one attached hydrogen (secondary N) is 1. The Labute approximate surface area is 176 Å². The molecule has 0 radical (unpaired) electrons. The Morgan fingerprint density at radius 1 is 1.03 bits per heavy atom. The van der Waals surface area contributed by atoms with Crippen LogP contribution in [-0.2, 0) is 29.4 Å². The van der Waals surface area contributed by atoms with Gasteiger partial charge in [-0.3, -0.25) is 0 Å². The van der Waals surface area contributed by atoms with E-state index in [0.717, 1.165) is 7.11 Å². The van der Waals surface area contributed by atoms with Crippen molar-refractivity contribution in [2.24, 2.45) is 0 Å². The minimum Gasteiger partial charge on any atom is -0.476 e. The van der Waals surface area contributed by atoms with Crippen molar-refractivity contribution in [3.63, 3.8) is 0 Å². The van der Waals surface area contributed by atoms with Crippen LogP contribution in [0.5, 0.6) is 5.75 Å². The van der Waals surface area contributed by atoms with Crippen molar-refractivity contribution < 1.29 is 39.9 Å². The highest BCUT2D eigenvalue weighted by Crippen LogP contribution is 2.26. The van der Waals surface area contributed by atoms with Crippen molar-refractivity contribution in [2.75, 3.05) is 26.0 Å². The quantitative estimate of drug-likeness (QED) is 0.542. The van der Waals surface area contributed by atoms with Crippen LogP contribution in [0.1, 0.15) is 0 Å². The molecule has 1 N–H and O–H groups in total. The lowest BCUT2D eigenvalue weighted by molar-refractivity contribution is -0.143. The van der Waals surface area contributed by atoms with Crippen molar-refractivity contribution in [3.8, 4) is 5.75 Å². The second-order valence-electron chi connectivity index (χ2n) is 5.75. The first-order valence-corrected chi connectivity index (χ1v) is 11.6. The highest BCUT2D eigenvalue weighted by molar-refractivity contribution is 7.91. The standard InChI is InChI=1S/C17H16ClF2NO7S2/c1-27-16(22)10-28-17-14(19)8-13(9-15(17)20)29(23,24)7-6-21-30(25,26)12-4-2-11(18)3-5-12/h2-5,8-9,21H,6-7,10H2,1H3. The fraction of sp³-hybridized carbons (Fsp3) is 0.235. The second kappa shape index (κ2) is 9.69. The third-order valence-electron chi connectivity index (χ3n) is 3.68. The van der Waals surface area contributed by atoms with Crippen molar-refractivity contribution in [1.29, 1.82) is 0 Å². The molecule has 13 heteroatoms. The molecular weight excluding hydrogens is 468 g/mol. The molecule has 0 atom stereocenters. The molecule has 0 spiro atoms. The lowest BCUT2D eigenvalue weighted by atomic mass is 10.3. The van der Waals surface area contributed by atoms with Crippen LogP contribution in [0.3, 0.4) is 0 Å². The minimum atomic E-state index is -4.24. The van der Waals surface area contributed by atoms with E-state index in [9.17, 15) is 30.4 Å². The number of halogens is 3. The number of ether oxygens (including phenoxy) is 2. The highest BCUT2D eigenvalue weighted by Gasteiger charge is 2.23. The highest BCUT2D eigenvalue weighted by atomic mass is 35.5. The number of methoxy groups -OCH3 is 1. The maximum atomic E-state index is 14.1. The summed E-state index contributed by atoms with van der Waals surface area (Å²) < 4.78 is 88.1. The minimum absolute atomic E-state index is 0.131. The molecular formula is C17H16ClF2NO7S2. The maximum absolute atomic E-state index is 14.1. The Hall–Kier alpha value is -2.28. The van der Waals surface area contributed by atoms with Crippen LogP contribution in [0, 0.1) is 11.6 Å². The Morgan fingerprint density at radius 3 is 2.13 bits per heavy atom. The first-order chi connectivity index (χ1) is 14.0. The van der Waals surface area contributed by atoms with E-state index < -0.39 is 67.0 Å². The van der Waals surface area contributed by atoms with E-state index in [4.69, 9.17) is 11.6 Å². The number of sulfonamides is 1. The monoisotopic (exact) mass is 483 g/mol. The van der Waals surface area contributed by atoms with Gasteiger partial charge in [-0.25, -0.2) is 35.1 Å². The zero-order chi connectivity index (χ0) is 22.5.